The predicted molar refractivity (Wildman–Crippen MR) is 63.5 cm³/mol. The highest BCUT2D eigenvalue weighted by Gasteiger charge is 2.53. The van der Waals surface area contributed by atoms with Gasteiger partial charge in [-0.05, 0) is 49.9 Å². The monoisotopic (exact) mass is 308 g/mol. The molecule has 2 bridgehead atoms. The second-order valence-electron chi connectivity index (χ2n) is 4.91. The van der Waals surface area contributed by atoms with E-state index in [1.165, 1.54) is 0 Å². The van der Waals surface area contributed by atoms with Gasteiger partial charge in [0.15, 0.2) is 0 Å². The highest BCUT2D eigenvalue weighted by atomic mass is 127. The number of fused-ring (bicyclic) bond motifs is 3. The summed E-state index contributed by atoms with van der Waals surface area (Å²) in [5, 5.41) is 0. The van der Waals surface area contributed by atoms with Gasteiger partial charge in [0, 0.05) is 0 Å². The van der Waals surface area contributed by atoms with Crippen molar-refractivity contribution in [3.05, 3.63) is 0 Å². The van der Waals surface area contributed by atoms with Crippen molar-refractivity contribution in [2.75, 3.05) is 4.43 Å². The maximum atomic E-state index is 11.9. The van der Waals surface area contributed by atoms with Crippen molar-refractivity contribution >= 4 is 28.6 Å². The Labute approximate surface area is 98.9 Å². The first kappa shape index (κ1) is 10.7. The number of halogens is 1. The van der Waals surface area contributed by atoms with Crippen LogP contribution >= 0.6 is 22.6 Å². The summed E-state index contributed by atoms with van der Waals surface area (Å²) in [6.45, 7) is 2.08. The van der Waals surface area contributed by atoms with E-state index in [9.17, 15) is 4.79 Å². The highest BCUT2D eigenvalue weighted by molar-refractivity contribution is 14.1. The zero-order chi connectivity index (χ0) is 10.2. The molecule has 0 aromatic carbocycles. The molecule has 0 unspecified atom stereocenters. The molecule has 3 rings (SSSR count). The molecule has 2 aliphatic heterocycles. The summed E-state index contributed by atoms with van der Waals surface area (Å²) in [6, 6.07) is 0. The summed E-state index contributed by atoms with van der Waals surface area (Å²) < 4.78 is 6.67. The molecule has 3 aliphatic rings. The van der Waals surface area contributed by atoms with Crippen LogP contribution in [0.3, 0.4) is 0 Å². The summed E-state index contributed by atoms with van der Waals surface area (Å²) in [7, 11) is 0. The van der Waals surface area contributed by atoms with Crippen molar-refractivity contribution in [2.45, 2.75) is 51.0 Å². The maximum absolute atomic E-state index is 11.9. The minimum atomic E-state index is -0.122. The number of hydrogen-bond acceptors (Lipinski definition) is 2. The van der Waals surface area contributed by atoms with Crippen LogP contribution in [0.2, 0.25) is 0 Å². The molecule has 0 atom stereocenters. The van der Waals surface area contributed by atoms with Crippen LogP contribution in [0.25, 0.3) is 0 Å². The molecule has 0 amide bonds. The number of rotatable bonds is 3. The van der Waals surface area contributed by atoms with Gasteiger partial charge in [0.1, 0.15) is 5.60 Å². The smallest absolute Gasteiger partial charge is 0.312 e. The summed E-state index contributed by atoms with van der Waals surface area (Å²) in [5.74, 6) is 0.0855. The molecule has 0 aromatic heterocycles. The Morgan fingerprint density at radius 3 is 2.50 bits per heavy atom. The van der Waals surface area contributed by atoms with E-state index in [-0.39, 0.29) is 17.0 Å². The fourth-order valence-electron chi connectivity index (χ4n) is 2.65. The van der Waals surface area contributed by atoms with Gasteiger partial charge in [-0.1, -0.05) is 22.6 Å². The number of alkyl halides is 1. The van der Waals surface area contributed by atoms with Gasteiger partial charge in [-0.25, -0.2) is 0 Å². The molecular formula is C11H17IO2. The lowest BCUT2D eigenvalue weighted by Gasteiger charge is -2.50. The van der Waals surface area contributed by atoms with Crippen LogP contribution in [0.15, 0.2) is 0 Å². The standard InChI is InChI=1S/C11H17IO2/c1-10-4-6-11(7-5-10,3-2-8-12)9(13)14-10/h2-8H2,1H3. The van der Waals surface area contributed by atoms with Crippen LogP contribution in [0.4, 0.5) is 0 Å². The first-order chi connectivity index (χ1) is 6.60. The summed E-state index contributed by atoms with van der Waals surface area (Å²) >= 11 is 2.38. The summed E-state index contributed by atoms with van der Waals surface area (Å²) in [6.07, 6.45) is 6.43. The number of esters is 1. The molecule has 3 heteroatoms. The second kappa shape index (κ2) is 3.65. The van der Waals surface area contributed by atoms with Crippen LogP contribution in [-0.4, -0.2) is 16.0 Å². The molecule has 80 valence electrons. The average Bonchev–Trinajstić information content (AvgIpc) is 2.16. The minimum Gasteiger partial charge on any atom is -0.459 e. The first-order valence-corrected chi connectivity index (χ1v) is 6.92. The van der Waals surface area contributed by atoms with E-state index >= 15 is 0 Å². The SMILES string of the molecule is CC12CCC(CCCI)(CC1)C(=O)O2. The zero-order valence-corrected chi connectivity index (χ0v) is 10.8. The third-order valence-corrected chi connectivity index (χ3v) is 4.59. The molecule has 0 N–H and O–H groups in total. The van der Waals surface area contributed by atoms with Gasteiger partial charge in [0.25, 0.3) is 0 Å². The number of carbonyl (C=O) groups excluding carboxylic acids is 1. The van der Waals surface area contributed by atoms with Crippen molar-refractivity contribution in [1.82, 2.24) is 0 Å². The molecule has 0 radical (unpaired) electrons. The minimum absolute atomic E-state index is 0.0855. The van der Waals surface area contributed by atoms with Crippen LogP contribution in [-0.2, 0) is 9.53 Å². The van der Waals surface area contributed by atoms with Crippen molar-refractivity contribution in [1.29, 1.82) is 0 Å². The third kappa shape index (κ3) is 1.68. The van der Waals surface area contributed by atoms with E-state index in [0.29, 0.717) is 0 Å². The second-order valence-corrected chi connectivity index (χ2v) is 5.99. The van der Waals surface area contributed by atoms with Crippen molar-refractivity contribution in [3.63, 3.8) is 0 Å². The molecule has 2 heterocycles. The number of hydrogen-bond donors (Lipinski definition) is 0. The Morgan fingerprint density at radius 2 is 2.00 bits per heavy atom. The van der Waals surface area contributed by atoms with E-state index in [2.05, 4.69) is 29.5 Å². The Kier molecular flexibility index (Phi) is 2.79. The fourth-order valence-corrected chi connectivity index (χ4v) is 3.03. The lowest BCUT2D eigenvalue weighted by Crippen LogP contribution is -2.52. The Morgan fingerprint density at radius 1 is 1.36 bits per heavy atom. The van der Waals surface area contributed by atoms with E-state index in [1.54, 1.807) is 0 Å². The fraction of sp³-hybridized carbons (Fsp3) is 0.909. The van der Waals surface area contributed by atoms with E-state index in [1.807, 2.05) is 0 Å². The summed E-state index contributed by atoms with van der Waals surface area (Å²) in [4.78, 5) is 11.9. The Hall–Kier alpha value is 0.200. The van der Waals surface area contributed by atoms with Crippen molar-refractivity contribution in [3.8, 4) is 0 Å². The molecule has 1 aliphatic carbocycles. The van der Waals surface area contributed by atoms with Gasteiger partial charge < -0.3 is 4.74 Å². The zero-order valence-electron chi connectivity index (χ0n) is 8.64. The van der Waals surface area contributed by atoms with Gasteiger partial charge in [0.2, 0.25) is 0 Å². The van der Waals surface area contributed by atoms with E-state index in [0.717, 1.165) is 43.0 Å². The summed E-state index contributed by atoms with van der Waals surface area (Å²) in [5.41, 5.74) is -0.216. The van der Waals surface area contributed by atoms with Crippen molar-refractivity contribution < 1.29 is 9.53 Å². The van der Waals surface area contributed by atoms with Crippen molar-refractivity contribution in [2.24, 2.45) is 5.41 Å². The highest BCUT2D eigenvalue weighted by Crippen LogP contribution is 2.51. The third-order valence-electron chi connectivity index (χ3n) is 3.83. The molecule has 0 spiro atoms. The van der Waals surface area contributed by atoms with Gasteiger partial charge in [-0.15, -0.1) is 0 Å². The van der Waals surface area contributed by atoms with Gasteiger partial charge in [-0.3, -0.25) is 4.79 Å². The largest absolute Gasteiger partial charge is 0.459 e. The van der Waals surface area contributed by atoms with Crippen LogP contribution < -0.4 is 0 Å². The Balaban J connectivity index is 2.09. The predicted octanol–water partition coefficient (Wildman–Crippen LogP) is 3.08. The normalized spacial score (nSPS) is 41.1. The molecule has 0 aromatic rings. The molecular weight excluding hydrogens is 291 g/mol. The van der Waals surface area contributed by atoms with Crippen LogP contribution in [0, 0.1) is 5.41 Å². The quantitative estimate of drug-likeness (QED) is 0.455. The molecule has 3 fully saturated rings. The molecule has 14 heavy (non-hydrogen) atoms. The van der Waals surface area contributed by atoms with E-state index in [4.69, 9.17) is 4.74 Å². The van der Waals surface area contributed by atoms with Crippen LogP contribution in [0.1, 0.15) is 45.4 Å². The maximum Gasteiger partial charge on any atom is 0.312 e. The molecule has 2 saturated heterocycles. The molecule has 1 saturated carbocycles. The number of carbonyl (C=O) groups is 1. The first-order valence-electron chi connectivity index (χ1n) is 5.40. The van der Waals surface area contributed by atoms with Crippen LogP contribution in [0.5, 0.6) is 0 Å². The topological polar surface area (TPSA) is 26.3 Å². The van der Waals surface area contributed by atoms with Gasteiger partial charge in [0.05, 0.1) is 5.41 Å². The molecule has 2 nitrogen and oxygen atoms in total. The van der Waals surface area contributed by atoms with Gasteiger partial charge >= 0.3 is 5.97 Å². The average molecular weight is 308 g/mol. The number of ether oxygens (including phenoxy) is 1. The Bertz CT molecular complexity index is 236. The lowest BCUT2D eigenvalue weighted by atomic mass is 9.64. The van der Waals surface area contributed by atoms with E-state index < -0.39 is 0 Å². The van der Waals surface area contributed by atoms with Gasteiger partial charge in [-0.2, -0.15) is 0 Å². The lowest BCUT2D eigenvalue weighted by molar-refractivity contribution is -0.200.